The minimum atomic E-state index is -1.26. The summed E-state index contributed by atoms with van der Waals surface area (Å²) in [6.07, 6.45) is -0.0406. The number of carbonyl (C=O) groups is 3. The molecule has 1 aliphatic heterocycles. The molecule has 188 valence electrons. The fourth-order valence-electron chi connectivity index (χ4n) is 3.20. The minimum Gasteiger partial charge on any atom is -0.497 e. The quantitative estimate of drug-likeness (QED) is 0.304. The second-order valence-electron chi connectivity index (χ2n) is 7.22. The summed E-state index contributed by atoms with van der Waals surface area (Å²) >= 11 is 7.66. The number of amides is 1. The summed E-state index contributed by atoms with van der Waals surface area (Å²) in [7, 11) is 1.61. The van der Waals surface area contributed by atoms with Gasteiger partial charge in [0.2, 0.25) is 0 Å². The molecule has 0 saturated heterocycles. The van der Waals surface area contributed by atoms with E-state index >= 15 is 0 Å². The van der Waals surface area contributed by atoms with Gasteiger partial charge in [0.1, 0.15) is 11.9 Å². The Labute approximate surface area is 212 Å². The number of hydrogen-bond donors (Lipinski definition) is 4. The van der Waals surface area contributed by atoms with E-state index in [1.54, 1.807) is 18.1 Å². The van der Waals surface area contributed by atoms with Gasteiger partial charge in [-0.2, -0.15) is 0 Å². The Bertz CT molecular complexity index is 1050. The molecule has 2 unspecified atom stereocenters. The van der Waals surface area contributed by atoms with Gasteiger partial charge in [-0.1, -0.05) is 30.7 Å². The van der Waals surface area contributed by atoms with Gasteiger partial charge in [-0.15, -0.1) is 11.8 Å². The number of fused-ring (bicyclic) bond motifs is 1. The third-order valence-corrected chi connectivity index (χ3v) is 6.45. The maximum atomic E-state index is 13.1. The summed E-state index contributed by atoms with van der Waals surface area (Å²) in [5.41, 5.74) is 1.64. The van der Waals surface area contributed by atoms with Gasteiger partial charge < -0.3 is 30.3 Å². The van der Waals surface area contributed by atoms with E-state index in [9.17, 15) is 19.5 Å². The van der Waals surface area contributed by atoms with Gasteiger partial charge in [0, 0.05) is 35.2 Å². The number of thioether (sulfide) groups is 1. The van der Waals surface area contributed by atoms with Gasteiger partial charge in [0.15, 0.2) is 0 Å². The Hall–Kier alpha value is -3.05. The highest BCUT2D eigenvalue weighted by Crippen LogP contribution is 2.46. The second kappa shape index (κ2) is 13.7. The number of halogens is 1. The number of methoxy groups -OCH3 is 1. The molecule has 35 heavy (non-hydrogen) atoms. The lowest BCUT2D eigenvalue weighted by Crippen LogP contribution is -2.43. The van der Waals surface area contributed by atoms with Crippen LogP contribution in [0.15, 0.2) is 59.5 Å². The number of hydrogen-bond acceptors (Lipinski definition) is 7. The molecular formula is C24H27ClN2O7S. The van der Waals surface area contributed by atoms with Crippen molar-refractivity contribution in [2.45, 2.75) is 23.2 Å². The van der Waals surface area contributed by atoms with Crippen LogP contribution >= 0.6 is 23.4 Å². The largest absolute Gasteiger partial charge is 0.497 e. The molecule has 2 atom stereocenters. The minimum absolute atomic E-state index is 0.303. The molecule has 1 aliphatic rings. The van der Waals surface area contributed by atoms with Crippen molar-refractivity contribution in [2.75, 3.05) is 31.6 Å². The third kappa shape index (κ3) is 8.29. The molecule has 0 fully saturated rings. The molecular weight excluding hydrogens is 496 g/mol. The Balaban J connectivity index is 0.000000466. The summed E-state index contributed by atoms with van der Waals surface area (Å²) in [5.74, 6) is -2.09. The van der Waals surface area contributed by atoms with Gasteiger partial charge in [-0.25, -0.2) is 9.59 Å². The molecule has 4 N–H and O–H groups in total. The van der Waals surface area contributed by atoms with Crippen LogP contribution in [0.3, 0.4) is 0 Å². The van der Waals surface area contributed by atoms with Gasteiger partial charge in [0.25, 0.3) is 5.91 Å². The number of benzene rings is 2. The zero-order valence-corrected chi connectivity index (χ0v) is 20.8. The van der Waals surface area contributed by atoms with E-state index in [1.807, 2.05) is 43.3 Å². The lowest BCUT2D eigenvalue weighted by molar-refractivity contribution is -0.134. The Morgan fingerprint density at radius 1 is 1.14 bits per heavy atom. The van der Waals surface area contributed by atoms with E-state index in [1.165, 1.54) is 11.8 Å². The van der Waals surface area contributed by atoms with Crippen LogP contribution in [0.25, 0.3) is 0 Å². The average molecular weight is 523 g/mol. The van der Waals surface area contributed by atoms with Crippen LogP contribution in [0.1, 0.15) is 17.7 Å². The van der Waals surface area contributed by atoms with E-state index < -0.39 is 23.3 Å². The molecule has 0 spiro atoms. The van der Waals surface area contributed by atoms with Crippen LogP contribution in [0, 0.1) is 0 Å². The van der Waals surface area contributed by atoms with Gasteiger partial charge in [0.05, 0.1) is 18.0 Å². The molecule has 9 nitrogen and oxygen atoms in total. The molecule has 1 amide bonds. The molecule has 0 radical (unpaired) electrons. The normalized spacial score (nSPS) is 17.3. The predicted octanol–water partition coefficient (Wildman–Crippen LogP) is 3.21. The van der Waals surface area contributed by atoms with Crippen molar-refractivity contribution in [3.63, 3.8) is 0 Å². The molecule has 2 aromatic rings. The standard InChI is InChI=1S/C20H23ClN2O3S.C4H4O4/c1-3-22-10-11-23-16-9-6-14(21)12-17(16)27-19(18(24)20(23)25)13-4-7-15(26-2)8-5-13;5-3(6)1-2-4(7)8/h4-9,12,18-19,22,24H,3,10-11H2,1-2H3;1-2H,(H,5,6)(H,7,8). The number of likely N-dealkylation sites (N-methyl/N-ethyl adjacent to an activating group) is 1. The molecule has 0 bridgehead atoms. The summed E-state index contributed by atoms with van der Waals surface area (Å²) in [6, 6.07) is 12.9. The van der Waals surface area contributed by atoms with Gasteiger partial charge in [-0.05, 0) is 42.4 Å². The fourth-order valence-corrected chi connectivity index (χ4v) is 4.74. The molecule has 0 aliphatic carbocycles. The van der Waals surface area contributed by atoms with E-state index in [-0.39, 0.29) is 5.91 Å². The lowest BCUT2D eigenvalue weighted by Gasteiger charge is -2.25. The zero-order valence-electron chi connectivity index (χ0n) is 19.2. The first-order chi connectivity index (χ1) is 16.7. The molecule has 1 heterocycles. The number of anilines is 1. The van der Waals surface area contributed by atoms with Gasteiger partial charge in [-0.3, -0.25) is 4.79 Å². The fraction of sp³-hybridized carbons (Fsp3) is 0.292. The number of aliphatic carboxylic acids is 2. The Morgan fingerprint density at radius 2 is 1.77 bits per heavy atom. The highest BCUT2D eigenvalue weighted by atomic mass is 35.5. The van der Waals surface area contributed by atoms with Crippen LogP contribution in [-0.4, -0.2) is 66.0 Å². The van der Waals surface area contributed by atoms with Crippen molar-refractivity contribution in [2.24, 2.45) is 0 Å². The molecule has 3 rings (SSSR count). The van der Waals surface area contributed by atoms with Crippen LogP contribution in [-0.2, 0) is 14.4 Å². The summed E-state index contributed by atoms with van der Waals surface area (Å²) in [6.45, 7) is 3.97. The monoisotopic (exact) mass is 522 g/mol. The van der Waals surface area contributed by atoms with Crippen molar-refractivity contribution in [1.29, 1.82) is 0 Å². The first-order valence-electron chi connectivity index (χ1n) is 10.6. The lowest BCUT2D eigenvalue weighted by atomic mass is 10.1. The molecule has 0 saturated carbocycles. The number of aliphatic hydroxyl groups is 1. The van der Waals surface area contributed by atoms with Crippen LogP contribution in [0.4, 0.5) is 5.69 Å². The molecule has 11 heteroatoms. The van der Waals surface area contributed by atoms with Gasteiger partial charge >= 0.3 is 11.9 Å². The maximum Gasteiger partial charge on any atom is 0.328 e. The maximum absolute atomic E-state index is 13.1. The third-order valence-electron chi connectivity index (χ3n) is 4.85. The van der Waals surface area contributed by atoms with Crippen LogP contribution in [0.2, 0.25) is 5.02 Å². The first-order valence-corrected chi connectivity index (χ1v) is 11.9. The number of carboxylic acids is 2. The van der Waals surface area contributed by atoms with Crippen LogP contribution < -0.4 is 15.0 Å². The summed E-state index contributed by atoms with van der Waals surface area (Å²) in [5, 5.41) is 29.9. The number of aliphatic hydroxyl groups excluding tert-OH is 1. The number of rotatable bonds is 8. The predicted molar refractivity (Wildman–Crippen MR) is 134 cm³/mol. The molecule has 0 aromatic heterocycles. The van der Waals surface area contributed by atoms with Crippen molar-refractivity contribution >= 4 is 46.9 Å². The number of carbonyl (C=O) groups excluding carboxylic acids is 1. The average Bonchev–Trinajstić information content (AvgIpc) is 2.93. The van der Waals surface area contributed by atoms with Crippen molar-refractivity contribution in [3.8, 4) is 5.75 Å². The van der Waals surface area contributed by atoms with E-state index in [0.29, 0.717) is 30.3 Å². The van der Waals surface area contributed by atoms with E-state index in [2.05, 4.69) is 5.32 Å². The van der Waals surface area contributed by atoms with Crippen molar-refractivity contribution < 1.29 is 34.4 Å². The number of ether oxygens (including phenoxy) is 1. The zero-order chi connectivity index (χ0) is 26.0. The van der Waals surface area contributed by atoms with Crippen molar-refractivity contribution in [1.82, 2.24) is 5.32 Å². The topological polar surface area (TPSA) is 136 Å². The highest BCUT2D eigenvalue weighted by molar-refractivity contribution is 7.99. The number of nitrogens with zero attached hydrogens (tertiary/aromatic N) is 1. The van der Waals surface area contributed by atoms with Crippen LogP contribution in [0.5, 0.6) is 5.75 Å². The SMILES string of the molecule is CCNCCN1C(=O)C(O)C(c2ccc(OC)cc2)Sc2cc(Cl)ccc21.O=C(O)C=CC(=O)O. The number of nitrogens with one attached hydrogen (secondary N) is 1. The first kappa shape index (κ1) is 28.2. The van der Waals surface area contributed by atoms with Crippen molar-refractivity contribution in [3.05, 3.63) is 65.2 Å². The smallest absolute Gasteiger partial charge is 0.328 e. The van der Waals surface area contributed by atoms with E-state index in [4.69, 9.17) is 26.6 Å². The highest BCUT2D eigenvalue weighted by Gasteiger charge is 2.37. The summed E-state index contributed by atoms with van der Waals surface area (Å²) < 4.78 is 5.20. The number of carboxylic acid groups (broad SMARTS) is 2. The molecule has 2 aromatic carbocycles. The van der Waals surface area contributed by atoms with E-state index in [0.717, 1.165) is 28.4 Å². The Morgan fingerprint density at radius 3 is 2.31 bits per heavy atom. The Kier molecular flexibility index (Phi) is 11.1. The second-order valence-corrected chi connectivity index (χ2v) is 8.84. The summed E-state index contributed by atoms with van der Waals surface area (Å²) in [4.78, 5) is 34.7.